The van der Waals surface area contributed by atoms with Gasteiger partial charge in [0.05, 0.1) is 7.11 Å². The van der Waals surface area contributed by atoms with Crippen LogP contribution in [0.5, 0.6) is 11.5 Å². The Balaban J connectivity index is 2.00. The first-order valence-electron chi connectivity index (χ1n) is 5.39. The van der Waals surface area contributed by atoms with Gasteiger partial charge in [-0.1, -0.05) is 0 Å². The first-order valence-corrected chi connectivity index (χ1v) is 5.39. The average Bonchev–Trinajstić information content (AvgIpc) is 2.22. The van der Waals surface area contributed by atoms with E-state index in [1.807, 2.05) is 0 Å². The summed E-state index contributed by atoms with van der Waals surface area (Å²) in [6, 6.07) is 4.09. The van der Waals surface area contributed by atoms with Crippen LogP contribution in [-0.4, -0.2) is 19.1 Å². The topological polar surface area (TPSA) is 61.6 Å². The summed E-state index contributed by atoms with van der Waals surface area (Å²) in [4.78, 5) is 10.8. The summed E-state index contributed by atoms with van der Waals surface area (Å²) < 4.78 is 23.7. The molecule has 5 heteroatoms. The Morgan fingerprint density at radius 3 is 2.71 bits per heavy atom. The predicted octanol–water partition coefficient (Wildman–Crippen LogP) is 1.48. The van der Waals surface area contributed by atoms with Crippen molar-refractivity contribution in [3.05, 3.63) is 24.0 Å². The van der Waals surface area contributed by atoms with Gasteiger partial charge in [0.25, 0.3) is 0 Å². The van der Waals surface area contributed by atoms with Gasteiger partial charge in [-0.15, -0.1) is 0 Å². The van der Waals surface area contributed by atoms with E-state index in [-0.39, 0.29) is 23.7 Å². The van der Waals surface area contributed by atoms with Gasteiger partial charge in [0.1, 0.15) is 11.9 Å². The number of ether oxygens (including phenoxy) is 2. The normalized spacial score (nSPS) is 22.7. The first-order chi connectivity index (χ1) is 8.10. The van der Waals surface area contributed by atoms with Crippen LogP contribution in [0.1, 0.15) is 12.8 Å². The van der Waals surface area contributed by atoms with Crippen molar-refractivity contribution in [2.24, 2.45) is 11.7 Å². The Labute approximate surface area is 98.5 Å². The van der Waals surface area contributed by atoms with E-state index in [2.05, 4.69) is 0 Å². The molecule has 1 fully saturated rings. The van der Waals surface area contributed by atoms with Crippen LogP contribution in [0.15, 0.2) is 18.2 Å². The summed E-state index contributed by atoms with van der Waals surface area (Å²) in [5.74, 6) is 0.0246. The van der Waals surface area contributed by atoms with Crippen molar-refractivity contribution in [3.8, 4) is 11.5 Å². The van der Waals surface area contributed by atoms with Crippen molar-refractivity contribution < 1.29 is 18.7 Å². The van der Waals surface area contributed by atoms with Crippen molar-refractivity contribution in [1.82, 2.24) is 0 Å². The smallest absolute Gasteiger partial charge is 0.220 e. The van der Waals surface area contributed by atoms with E-state index in [0.717, 1.165) is 0 Å². The molecule has 2 N–H and O–H groups in total. The van der Waals surface area contributed by atoms with Crippen molar-refractivity contribution in [3.63, 3.8) is 0 Å². The van der Waals surface area contributed by atoms with Gasteiger partial charge in [-0.05, 0) is 25.0 Å². The summed E-state index contributed by atoms with van der Waals surface area (Å²) in [5, 5.41) is 0. The lowest BCUT2D eigenvalue weighted by atomic mass is 9.82. The number of hydrogen-bond acceptors (Lipinski definition) is 3. The fraction of sp³-hybridized carbons (Fsp3) is 0.417. The highest BCUT2D eigenvalue weighted by Crippen LogP contribution is 2.35. The maximum atomic E-state index is 13.1. The van der Waals surface area contributed by atoms with Crippen LogP contribution < -0.4 is 15.2 Å². The largest absolute Gasteiger partial charge is 0.493 e. The van der Waals surface area contributed by atoms with Gasteiger partial charge in [-0.2, -0.15) is 0 Å². The fourth-order valence-corrected chi connectivity index (χ4v) is 1.82. The zero-order valence-electron chi connectivity index (χ0n) is 9.48. The minimum Gasteiger partial charge on any atom is -0.493 e. The monoisotopic (exact) mass is 239 g/mol. The molecule has 1 aromatic carbocycles. The number of amides is 1. The second-order valence-corrected chi connectivity index (χ2v) is 4.11. The molecular formula is C12H14FNO3. The molecule has 1 saturated carbocycles. The lowest BCUT2D eigenvalue weighted by Crippen LogP contribution is -2.41. The van der Waals surface area contributed by atoms with Crippen molar-refractivity contribution in [1.29, 1.82) is 0 Å². The molecule has 0 heterocycles. The molecule has 17 heavy (non-hydrogen) atoms. The number of hydrogen-bond donors (Lipinski definition) is 1. The summed E-state index contributed by atoms with van der Waals surface area (Å²) in [6.07, 6.45) is 1.06. The minimum absolute atomic E-state index is 0.0943. The zero-order valence-corrected chi connectivity index (χ0v) is 9.48. The lowest BCUT2D eigenvalue weighted by Gasteiger charge is -2.33. The predicted molar refractivity (Wildman–Crippen MR) is 59.3 cm³/mol. The standard InChI is InChI=1S/C12H14FNO3/c1-16-10-3-2-8(13)6-11(10)17-9-4-7(5-9)12(14)15/h2-3,6-7,9H,4-5H2,1H3,(H2,14,15). The molecule has 0 aliphatic heterocycles. The maximum Gasteiger partial charge on any atom is 0.220 e. The van der Waals surface area contributed by atoms with Gasteiger partial charge in [-0.25, -0.2) is 4.39 Å². The van der Waals surface area contributed by atoms with E-state index in [1.54, 1.807) is 0 Å². The van der Waals surface area contributed by atoms with E-state index in [1.165, 1.54) is 25.3 Å². The fourth-order valence-electron chi connectivity index (χ4n) is 1.82. The highest BCUT2D eigenvalue weighted by atomic mass is 19.1. The summed E-state index contributed by atoms with van der Waals surface area (Å²) in [6.45, 7) is 0. The van der Waals surface area contributed by atoms with E-state index in [9.17, 15) is 9.18 Å². The van der Waals surface area contributed by atoms with Crippen LogP contribution in [-0.2, 0) is 4.79 Å². The van der Waals surface area contributed by atoms with Crippen LogP contribution in [0.25, 0.3) is 0 Å². The highest BCUT2D eigenvalue weighted by Gasteiger charge is 2.35. The number of carbonyl (C=O) groups is 1. The maximum absolute atomic E-state index is 13.1. The Kier molecular flexibility index (Phi) is 3.17. The molecule has 1 aliphatic rings. The van der Waals surface area contributed by atoms with Crippen LogP contribution in [0, 0.1) is 11.7 Å². The van der Waals surface area contributed by atoms with Gasteiger partial charge in [0.15, 0.2) is 11.5 Å². The van der Waals surface area contributed by atoms with Gasteiger partial charge >= 0.3 is 0 Å². The second-order valence-electron chi connectivity index (χ2n) is 4.11. The van der Waals surface area contributed by atoms with E-state index >= 15 is 0 Å². The number of methoxy groups -OCH3 is 1. The number of carbonyl (C=O) groups excluding carboxylic acids is 1. The molecule has 0 spiro atoms. The third-order valence-electron chi connectivity index (χ3n) is 2.92. The first kappa shape index (κ1) is 11.7. The number of primary amides is 1. The molecule has 0 unspecified atom stereocenters. The number of halogens is 1. The molecule has 0 saturated heterocycles. The SMILES string of the molecule is COc1ccc(F)cc1OC1CC(C(N)=O)C1. The summed E-state index contributed by atoms with van der Waals surface area (Å²) in [5.41, 5.74) is 5.15. The average molecular weight is 239 g/mol. The van der Waals surface area contributed by atoms with Gasteiger partial charge in [0, 0.05) is 12.0 Å². The highest BCUT2D eigenvalue weighted by molar-refractivity contribution is 5.77. The van der Waals surface area contributed by atoms with E-state index < -0.39 is 0 Å². The van der Waals surface area contributed by atoms with Crippen molar-refractivity contribution in [2.75, 3.05) is 7.11 Å². The molecule has 0 radical (unpaired) electrons. The Bertz CT molecular complexity index is 430. The van der Waals surface area contributed by atoms with Crippen LogP contribution in [0.2, 0.25) is 0 Å². The number of nitrogens with two attached hydrogens (primary N) is 1. The third kappa shape index (κ3) is 2.49. The zero-order chi connectivity index (χ0) is 12.4. The van der Waals surface area contributed by atoms with Crippen LogP contribution >= 0.6 is 0 Å². The summed E-state index contributed by atoms with van der Waals surface area (Å²) >= 11 is 0. The Morgan fingerprint density at radius 1 is 1.41 bits per heavy atom. The quantitative estimate of drug-likeness (QED) is 0.865. The van der Waals surface area contributed by atoms with E-state index in [0.29, 0.717) is 24.3 Å². The van der Waals surface area contributed by atoms with Gasteiger partial charge < -0.3 is 15.2 Å². The molecular weight excluding hydrogens is 225 g/mol. The van der Waals surface area contributed by atoms with Gasteiger partial charge in [0.2, 0.25) is 5.91 Å². The third-order valence-corrected chi connectivity index (χ3v) is 2.92. The number of rotatable bonds is 4. The van der Waals surface area contributed by atoms with E-state index in [4.69, 9.17) is 15.2 Å². The van der Waals surface area contributed by atoms with Crippen LogP contribution in [0.4, 0.5) is 4.39 Å². The minimum atomic E-state index is -0.383. The van der Waals surface area contributed by atoms with Crippen molar-refractivity contribution in [2.45, 2.75) is 18.9 Å². The van der Waals surface area contributed by atoms with Crippen molar-refractivity contribution >= 4 is 5.91 Å². The Hall–Kier alpha value is -1.78. The molecule has 1 aliphatic carbocycles. The Morgan fingerprint density at radius 2 is 2.12 bits per heavy atom. The van der Waals surface area contributed by atoms with Crippen LogP contribution in [0.3, 0.4) is 0 Å². The lowest BCUT2D eigenvalue weighted by molar-refractivity contribution is -0.127. The second kappa shape index (κ2) is 4.61. The molecule has 0 bridgehead atoms. The molecule has 2 rings (SSSR count). The molecule has 0 aromatic heterocycles. The summed E-state index contributed by atoms with van der Waals surface area (Å²) in [7, 11) is 1.49. The molecule has 0 atom stereocenters. The van der Waals surface area contributed by atoms with Gasteiger partial charge in [-0.3, -0.25) is 4.79 Å². The number of benzene rings is 1. The molecule has 1 aromatic rings. The molecule has 92 valence electrons. The molecule has 4 nitrogen and oxygen atoms in total. The molecule has 1 amide bonds.